The van der Waals surface area contributed by atoms with Crippen LogP contribution in [0.25, 0.3) is 21.3 Å². The molecule has 0 fully saturated rings. The van der Waals surface area contributed by atoms with Crippen LogP contribution in [0.3, 0.4) is 0 Å². The first-order valence-corrected chi connectivity index (χ1v) is 6.24. The molecule has 0 amide bonds. The first-order valence-electron chi connectivity index (χ1n) is 5.46. The second-order valence-corrected chi connectivity index (χ2v) is 4.91. The fraction of sp³-hybridized carbons (Fsp3) is 0.0714. The number of anilines is 1. The molecule has 1 aromatic heterocycles. The Balaban J connectivity index is 2.29. The summed E-state index contributed by atoms with van der Waals surface area (Å²) in [5, 5.41) is 1.19. The average molecular weight is 240 g/mol. The Labute approximate surface area is 104 Å². The lowest BCUT2D eigenvalue weighted by Crippen LogP contribution is -1.88. The van der Waals surface area contributed by atoms with Crippen LogP contribution in [0.5, 0.6) is 0 Å². The van der Waals surface area contributed by atoms with Gasteiger partial charge in [0.05, 0.1) is 10.4 Å². The first-order chi connectivity index (χ1) is 8.25. The standard InChI is InChI=1S/C14H12N2S/c1-9-7-11-13(8-12(9)15)17-16-14(11)10-5-3-2-4-6-10/h2-8H,15H2,1H3. The molecule has 2 nitrogen and oxygen atoms in total. The number of aromatic nitrogens is 1. The van der Waals surface area contributed by atoms with Crippen molar-refractivity contribution < 1.29 is 0 Å². The summed E-state index contributed by atoms with van der Waals surface area (Å²) in [5.74, 6) is 0. The molecule has 0 spiro atoms. The number of hydrogen-bond acceptors (Lipinski definition) is 3. The molecule has 0 radical (unpaired) electrons. The van der Waals surface area contributed by atoms with E-state index in [1.165, 1.54) is 16.9 Å². The molecule has 2 aromatic carbocycles. The van der Waals surface area contributed by atoms with Gasteiger partial charge in [-0.05, 0) is 36.2 Å². The Morgan fingerprint density at radius 3 is 2.65 bits per heavy atom. The van der Waals surface area contributed by atoms with E-state index in [0.717, 1.165) is 27.2 Å². The van der Waals surface area contributed by atoms with Gasteiger partial charge in [-0.3, -0.25) is 0 Å². The van der Waals surface area contributed by atoms with Crippen LogP contribution in [0.2, 0.25) is 0 Å². The Kier molecular flexibility index (Phi) is 2.34. The molecule has 0 bridgehead atoms. The van der Waals surface area contributed by atoms with Gasteiger partial charge in [0.25, 0.3) is 0 Å². The van der Waals surface area contributed by atoms with Gasteiger partial charge in [-0.25, -0.2) is 0 Å². The van der Waals surface area contributed by atoms with E-state index in [4.69, 9.17) is 5.73 Å². The van der Waals surface area contributed by atoms with Crippen LogP contribution in [-0.2, 0) is 0 Å². The maximum Gasteiger partial charge on any atom is 0.0919 e. The van der Waals surface area contributed by atoms with Crippen molar-refractivity contribution in [1.29, 1.82) is 0 Å². The number of nitrogens with two attached hydrogens (primary N) is 1. The average Bonchev–Trinajstić information content (AvgIpc) is 2.74. The normalized spacial score (nSPS) is 10.9. The largest absolute Gasteiger partial charge is 0.398 e. The fourth-order valence-corrected chi connectivity index (χ4v) is 2.74. The smallest absolute Gasteiger partial charge is 0.0919 e. The van der Waals surface area contributed by atoms with Crippen molar-refractivity contribution in [2.45, 2.75) is 6.92 Å². The predicted molar refractivity (Wildman–Crippen MR) is 74.2 cm³/mol. The molecule has 84 valence electrons. The second kappa shape index (κ2) is 3.86. The number of fused-ring (bicyclic) bond motifs is 1. The van der Waals surface area contributed by atoms with Crippen molar-refractivity contribution in [3.63, 3.8) is 0 Å². The number of hydrogen-bond donors (Lipinski definition) is 1. The van der Waals surface area contributed by atoms with Crippen molar-refractivity contribution in [2.24, 2.45) is 0 Å². The summed E-state index contributed by atoms with van der Waals surface area (Å²) in [5.41, 5.74) is 10.1. The van der Waals surface area contributed by atoms with Crippen LogP contribution in [0.1, 0.15) is 5.56 Å². The maximum absolute atomic E-state index is 5.91. The lowest BCUT2D eigenvalue weighted by molar-refractivity contribution is 1.49. The highest BCUT2D eigenvalue weighted by Crippen LogP contribution is 2.33. The zero-order valence-electron chi connectivity index (χ0n) is 9.47. The molecule has 2 N–H and O–H groups in total. The van der Waals surface area contributed by atoms with E-state index in [0.29, 0.717) is 0 Å². The summed E-state index contributed by atoms with van der Waals surface area (Å²) in [6, 6.07) is 14.4. The highest BCUT2D eigenvalue weighted by atomic mass is 32.1. The molecular weight excluding hydrogens is 228 g/mol. The number of benzene rings is 2. The van der Waals surface area contributed by atoms with Crippen molar-refractivity contribution in [3.05, 3.63) is 48.0 Å². The van der Waals surface area contributed by atoms with Crippen LogP contribution >= 0.6 is 11.5 Å². The van der Waals surface area contributed by atoms with E-state index < -0.39 is 0 Å². The molecule has 3 rings (SSSR count). The van der Waals surface area contributed by atoms with Gasteiger partial charge >= 0.3 is 0 Å². The van der Waals surface area contributed by atoms with E-state index >= 15 is 0 Å². The highest BCUT2D eigenvalue weighted by Gasteiger charge is 2.09. The van der Waals surface area contributed by atoms with E-state index in [-0.39, 0.29) is 0 Å². The topological polar surface area (TPSA) is 38.9 Å². The molecule has 0 aliphatic carbocycles. The zero-order valence-corrected chi connectivity index (χ0v) is 10.3. The first kappa shape index (κ1) is 10.3. The minimum atomic E-state index is 0.834. The van der Waals surface area contributed by atoms with Crippen molar-refractivity contribution in [2.75, 3.05) is 5.73 Å². The Bertz CT molecular complexity index is 671. The Morgan fingerprint density at radius 1 is 1.12 bits per heavy atom. The summed E-state index contributed by atoms with van der Waals surface area (Å²) in [6.07, 6.45) is 0. The van der Waals surface area contributed by atoms with Crippen LogP contribution < -0.4 is 5.73 Å². The third-order valence-corrected chi connectivity index (χ3v) is 3.71. The van der Waals surface area contributed by atoms with Gasteiger partial charge in [-0.15, -0.1) is 0 Å². The van der Waals surface area contributed by atoms with Crippen LogP contribution in [-0.4, -0.2) is 4.37 Å². The van der Waals surface area contributed by atoms with E-state index in [2.05, 4.69) is 22.6 Å². The quantitative estimate of drug-likeness (QED) is 0.656. The third kappa shape index (κ3) is 1.68. The van der Waals surface area contributed by atoms with E-state index in [1.807, 2.05) is 31.2 Å². The minimum Gasteiger partial charge on any atom is -0.398 e. The Morgan fingerprint density at radius 2 is 1.88 bits per heavy atom. The number of nitrogens with zero attached hydrogens (tertiary/aromatic N) is 1. The Hall–Kier alpha value is -1.87. The van der Waals surface area contributed by atoms with Crippen LogP contribution in [0.4, 0.5) is 5.69 Å². The number of rotatable bonds is 1. The van der Waals surface area contributed by atoms with Gasteiger partial charge in [-0.2, -0.15) is 4.37 Å². The molecule has 0 unspecified atom stereocenters. The minimum absolute atomic E-state index is 0.834. The number of nitrogen functional groups attached to an aromatic ring is 1. The van der Waals surface area contributed by atoms with Gasteiger partial charge in [0.1, 0.15) is 0 Å². The molecule has 0 saturated heterocycles. The molecule has 1 heterocycles. The van der Waals surface area contributed by atoms with Gasteiger partial charge in [0, 0.05) is 16.6 Å². The van der Waals surface area contributed by atoms with E-state index in [9.17, 15) is 0 Å². The molecular formula is C14H12N2S. The van der Waals surface area contributed by atoms with Crippen molar-refractivity contribution in [1.82, 2.24) is 4.37 Å². The van der Waals surface area contributed by atoms with Gasteiger partial charge in [0.15, 0.2) is 0 Å². The van der Waals surface area contributed by atoms with Crippen molar-refractivity contribution in [3.8, 4) is 11.3 Å². The zero-order chi connectivity index (χ0) is 11.8. The maximum atomic E-state index is 5.91. The molecule has 0 atom stereocenters. The highest BCUT2D eigenvalue weighted by molar-refractivity contribution is 7.13. The van der Waals surface area contributed by atoms with Gasteiger partial charge < -0.3 is 5.73 Å². The molecule has 0 saturated carbocycles. The molecule has 17 heavy (non-hydrogen) atoms. The number of aryl methyl sites for hydroxylation is 1. The fourth-order valence-electron chi connectivity index (χ4n) is 1.91. The van der Waals surface area contributed by atoms with E-state index in [1.54, 1.807) is 0 Å². The third-order valence-electron chi connectivity index (χ3n) is 2.91. The SMILES string of the molecule is Cc1cc2c(-c3ccccc3)nsc2cc1N. The monoisotopic (exact) mass is 240 g/mol. The van der Waals surface area contributed by atoms with Gasteiger partial charge in [-0.1, -0.05) is 30.3 Å². The summed E-state index contributed by atoms with van der Waals surface area (Å²) in [4.78, 5) is 0. The molecule has 3 aromatic rings. The lowest BCUT2D eigenvalue weighted by Gasteiger charge is -2.01. The lowest BCUT2D eigenvalue weighted by atomic mass is 10.1. The summed E-state index contributed by atoms with van der Waals surface area (Å²) in [6.45, 7) is 2.03. The molecule has 0 aliphatic heterocycles. The summed E-state index contributed by atoms with van der Waals surface area (Å²) < 4.78 is 5.68. The predicted octanol–water partition coefficient (Wildman–Crippen LogP) is 3.85. The molecule has 3 heteroatoms. The van der Waals surface area contributed by atoms with Gasteiger partial charge in [0.2, 0.25) is 0 Å². The summed E-state index contributed by atoms with van der Waals surface area (Å²) >= 11 is 1.50. The van der Waals surface area contributed by atoms with Crippen LogP contribution in [0, 0.1) is 6.92 Å². The van der Waals surface area contributed by atoms with Crippen LogP contribution in [0.15, 0.2) is 42.5 Å². The van der Waals surface area contributed by atoms with Crippen molar-refractivity contribution >= 4 is 27.3 Å². The summed E-state index contributed by atoms with van der Waals surface area (Å²) in [7, 11) is 0. The second-order valence-electron chi connectivity index (χ2n) is 4.10. The molecule has 0 aliphatic rings.